The van der Waals surface area contributed by atoms with Gasteiger partial charge >= 0.3 is 11.9 Å². The molecule has 1 atom stereocenters. The summed E-state index contributed by atoms with van der Waals surface area (Å²) in [5.74, 6) is -2.87. The number of hydrogen-bond acceptors (Lipinski definition) is 10. The summed E-state index contributed by atoms with van der Waals surface area (Å²) in [7, 11) is 2.71. The number of aliphatic hydroxyl groups is 1. The van der Waals surface area contributed by atoms with Crippen LogP contribution in [0.3, 0.4) is 0 Å². The van der Waals surface area contributed by atoms with E-state index in [1.165, 1.54) is 26.4 Å². The van der Waals surface area contributed by atoms with Crippen LogP contribution < -0.4 is 15.9 Å². The van der Waals surface area contributed by atoms with Crippen molar-refractivity contribution in [3.8, 4) is 5.75 Å². The summed E-state index contributed by atoms with van der Waals surface area (Å²) in [6, 6.07) is 7.19. The largest absolute Gasteiger partial charge is 0.465 e. The fourth-order valence-corrected chi connectivity index (χ4v) is 3.12. The first kappa shape index (κ1) is 22.1. The summed E-state index contributed by atoms with van der Waals surface area (Å²) >= 11 is 0. The lowest BCUT2D eigenvalue weighted by Gasteiger charge is -2.27. The molecule has 0 bridgehead atoms. The van der Waals surface area contributed by atoms with Crippen molar-refractivity contribution in [3.63, 3.8) is 0 Å². The molecule has 1 aliphatic heterocycles. The minimum atomic E-state index is -0.982. The van der Waals surface area contributed by atoms with Crippen molar-refractivity contribution in [2.24, 2.45) is 5.73 Å². The molecule has 0 fully saturated rings. The lowest BCUT2D eigenvalue weighted by molar-refractivity contribution is -0.140. The van der Waals surface area contributed by atoms with Crippen molar-refractivity contribution >= 4 is 11.9 Å². The maximum absolute atomic E-state index is 12.8. The van der Waals surface area contributed by atoms with Gasteiger partial charge in [0.25, 0.3) is 0 Å². The van der Waals surface area contributed by atoms with Crippen LogP contribution in [0.25, 0.3) is 0 Å². The summed E-state index contributed by atoms with van der Waals surface area (Å²) in [5, 5.41) is 9.45. The molecule has 0 amide bonds. The van der Waals surface area contributed by atoms with Crippen LogP contribution in [0.1, 0.15) is 33.4 Å². The average Bonchev–Trinajstić information content (AvgIpc) is 2.78. The van der Waals surface area contributed by atoms with Crippen molar-refractivity contribution < 1.29 is 38.1 Å². The minimum Gasteiger partial charge on any atom is -0.465 e. The smallest absolute Gasteiger partial charge is 0.340 e. The maximum atomic E-state index is 12.8. The van der Waals surface area contributed by atoms with Gasteiger partial charge in [-0.15, -0.1) is 0 Å². The average molecular weight is 431 g/mol. The van der Waals surface area contributed by atoms with E-state index in [1.807, 2.05) is 0 Å². The van der Waals surface area contributed by atoms with Crippen LogP contribution in [0.4, 0.5) is 0 Å². The third-order valence-electron chi connectivity index (χ3n) is 4.57. The van der Waals surface area contributed by atoms with Gasteiger partial charge in [-0.3, -0.25) is 4.79 Å². The summed E-state index contributed by atoms with van der Waals surface area (Å²) in [5.41, 5.74) is 6.08. The zero-order chi connectivity index (χ0) is 22.5. The number of methoxy groups -OCH3 is 2. The second kappa shape index (κ2) is 9.45. The molecule has 0 saturated heterocycles. The molecular formula is C21H21NO9. The number of ether oxygens (including phenoxy) is 4. The van der Waals surface area contributed by atoms with Crippen LogP contribution in [-0.4, -0.2) is 44.5 Å². The van der Waals surface area contributed by atoms with Crippen molar-refractivity contribution in [2.75, 3.05) is 27.4 Å². The fourth-order valence-electron chi connectivity index (χ4n) is 3.12. The van der Waals surface area contributed by atoms with Gasteiger partial charge in [0.05, 0.1) is 25.2 Å². The van der Waals surface area contributed by atoms with Crippen molar-refractivity contribution in [2.45, 2.75) is 12.5 Å². The molecule has 2 heterocycles. The molecule has 0 saturated carbocycles. The molecule has 0 radical (unpaired) electrons. The normalized spacial score (nSPS) is 15.1. The predicted molar refractivity (Wildman–Crippen MR) is 105 cm³/mol. The molecule has 1 aromatic carbocycles. The number of nitrogens with two attached hydrogens (primary N) is 1. The number of carbonyl (C=O) groups excluding carboxylic acids is 2. The van der Waals surface area contributed by atoms with Gasteiger partial charge in [0.1, 0.15) is 24.5 Å². The van der Waals surface area contributed by atoms with E-state index in [9.17, 15) is 19.5 Å². The number of rotatable bonds is 7. The van der Waals surface area contributed by atoms with Crippen molar-refractivity contribution in [1.29, 1.82) is 0 Å². The van der Waals surface area contributed by atoms with Crippen molar-refractivity contribution in [3.05, 3.63) is 74.7 Å². The number of hydrogen-bond donors (Lipinski definition) is 2. The lowest BCUT2D eigenvalue weighted by atomic mass is 9.86. The van der Waals surface area contributed by atoms with Crippen LogP contribution in [0.15, 0.2) is 51.0 Å². The Kier molecular flexibility index (Phi) is 6.73. The van der Waals surface area contributed by atoms with Gasteiger partial charge in [0.15, 0.2) is 5.76 Å². The van der Waals surface area contributed by atoms with E-state index in [-0.39, 0.29) is 47.5 Å². The third kappa shape index (κ3) is 4.44. The Morgan fingerprint density at radius 2 is 1.84 bits per heavy atom. The SMILES string of the molecule is COCCOC(=O)C1=C(N)Oc2c(oc(CO)cc2=O)C1c1ccc(C(=O)OC)cc1. The summed E-state index contributed by atoms with van der Waals surface area (Å²) < 4.78 is 25.8. The highest BCUT2D eigenvalue weighted by atomic mass is 16.6. The number of aliphatic hydroxyl groups excluding tert-OH is 1. The van der Waals surface area contributed by atoms with Gasteiger partial charge in [0.2, 0.25) is 17.1 Å². The quantitative estimate of drug-likeness (QED) is 0.476. The first-order valence-corrected chi connectivity index (χ1v) is 9.20. The van der Waals surface area contributed by atoms with E-state index in [1.54, 1.807) is 12.1 Å². The molecule has 10 nitrogen and oxygen atoms in total. The number of esters is 2. The summed E-state index contributed by atoms with van der Waals surface area (Å²) in [6.07, 6.45) is 0. The summed E-state index contributed by atoms with van der Waals surface area (Å²) in [6.45, 7) is -0.407. The zero-order valence-electron chi connectivity index (χ0n) is 16.9. The topological polar surface area (TPSA) is 148 Å². The van der Waals surface area contributed by atoms with Gasteiger partial charge in [-0.25, -0.2) is 9.59 Å². The van der Waals surface area contributed by atoms with E-state index in [0.717, 1.165) is 6.07 Å². The second-order valence-corrected chi connectivity index (χ2v) is 6.48. The molecule has 1 aliphatic rings. The third-order valence-corrected chi connectivity index (χ3v) is 4.57. The highest BCUT2D eigenvalue weighted by Crippen LogP contribution is 2.41. The Balaban J connectivity index is 2.14. The highest BCUT2D eigenvalue weighted by Gasteiger charge is 2.39. The van der Waals surface area contributed by atoms with Gasteiger partial charge in [-0.2, -0.15) is 0 Å². The van der Waals surface area contributed by atoms with Crippen LogP contribution in [0.2, 0.25) is 0 Å². The number of carbonyl (C=O) groups is 2. The molecule has 31 heavy (non-hydrogen) atoms. The minimum absolute atomic E-state index is 0.0175. The lowest BCUT2D eigenvalue weighted by Crippen LogP contribution is -2.30. The Hall–Kier alpha value is -3.63. The molecule has 1 aromatic heterocycles. The molecule has 3 N–H and O–H groups in total. The van der Waals surface area contributed by atoms with Crippen LogP contribution in [-0.2, 0) is 25.6 Å². The Morgan fingerprint density at radius 3 is 2.45 bits per heavy atom. The zero-order valence-corrected chi connectivity index (χ0v) is 16.9. The van der Waals surface area contributed by atoms with Gasteiger partial charge in [-0.05, 0) is 17.7 Å². The van der Waals surface area contributed by atoms with Gasteiger partial charge in [0, 0.05) is 13.2 Å². The Morgan fingerprint density at radius 1 is 1.13 bits per heavy atom. The molecule has 0 aliphatic carbocycles. The van der Waals surface area contributed by atoms with Gasteiger partial charge in [-0.1, -0.05) is 12.1 Å². The summed E-state index contributed by atoms with van der Waals surface area (Å²) in [4.78, 5) is 37.0. The molecule has 0 spiro atoms. The van der Waals surface area contributed by atoms with Gasteiger partial charge < -0.3 is 34.2 Å². The fraction of sp³-hybridized carbons (Fsp3) is 0.286. The second-order valence-electron chi connectivity index (χ2n) is 6.48. The predicted octanol–water partition coefficient (Wildman–Crippen LogP) is 0.803. The molecule has 3 rings (SSSR count). The Bertz CT molecular complexity index is 1070. The van der Waals surface area contributed by atoms with Crippen molar-refractivity contribution in [1.82, 2.24) is 0 Å². The molecule has 10 heteroatoms. The molecule has 1 unspecified atom stereocenters. The van der Waals surface area contributed by atoms with Crippen LogP contribution >= 0.6 is 0 Å². The standard InChI is InChI=1S/C21H21NO9/c1-27-7-8-29-21(26)16-15(11-3-5-12(6-4-11)20(25)28-2)18-17(31-19(16)22)14(24)9-13(10-23)30-18/h3-6,9,15,23H,7-8,10,22H2,1-2H3. The van der Waals surface area contributed by atoms with E-state index in [4.69, 9.17) is 29.1 Å². The van der Waals surface area contributed by atoms with E-state index < -0.39 is 29.9 Å². The monoisotopic (exact) mass is 431 g/mol. The molecular weight excluding hydrogens is 410 g/mol. The first-order valence-electron chi connectivity index (χ1n) is 9.20. The van der Waals surface area contributed by atoms with E-state index >= 15 is 0 Å². The number of fused-ring (bicyclic) bond motifs is 1. The maximum Gasteiger partial charge on any atom is 0.340 e. The number of benzene rings is 1. The highest BCUT2D eigenvalue weighted by molar-refractivity contribution is 5.93. The first-order chi connectivity index (χ1) is 14.9. The van der Waals surface area contributed by atoms with E-state index in [2.05, 4.69) is 0 Å². The van der Waals surface area contributed by atoms with Crippen LogP contribution in [0, 0.1) is 0 Å². The van der Waals surface area contributed by atoms with E-state index in [0.29, 0.717) is 5.56 Å². The molecule has 2 aromatic rings. The Labute approximate surface area is 176 Å². The molecule has 164 valence electrons. The van der Waals surface area contributed by atoms with Crippen LogP contribution in [0.5, 0.6) is 5.75 Å².